The zero-order valence-corrected chi connectivity index (χ0v) is 8.99. The van der Waals surface area contributed by atoms with Crippen molar-refractivity contribution in [3.05, 3.63) is 0 Å². The number of nitrogens with two attached hydrogens (primary N) is 1. The topological polar surface area (TPSA) is 61.8 Å². The summed E-state index contributed by atoms with van der Waals surface area (Å²) in [5.74, 6) is 0.952. The molecule has 0 fully saturated rings. The second kappa shape index (κ2) is 5.80. The molecule has 4 heteroatoms. The molecule has 0 amide bonds. The van der Waals surface area contributed by atoms with E-state index in [-0.39, 0.29) is 11.9 Å². The van der Waals surface area contributed by atoms with Crippen LogP contribution in [0.2, 0.25) is 0 Å². The first-order valence-electron chi connectivity index (χ1n) is 4.66. The van der Waals surface area contributed by atoms with Crippen LogP contribution in [0.4, 0.5) is 0 Å². The van der Waals surface area contributed by atoms with E-state index >= 15 is 0 Å². The Morgan fingerprint density at radius 1 is 1.46 bits per heavy atom. The minimum Gasteiger partial charge on any atom is -0.409 e. The van der Waals surface area contributed by atoms with Crippen molar-refractivity contribution >= 4 is 5.84 Å². The van der Waals surface area contributed by atoms with Crippen LogP contribution in [0.5, 0.6) is 0 Å². The zero-order chi connectivity index (χ0) is 10.4. The van der Waals surface area contributed by atoms with E-state index < -0.39 is 0 Å². The summed E-state index contributed by atoms with van der Waals surface area (Å²) in [4.78, 5) is 2.08. The molecule has 0 aromatic carbocycles. The summed E-state index contributed by atoms with van der Waals surface area (Å²) in [6, 6.07) is 0.00347. The van der Waals surface area contributed by atoms with Crippen molar-refractivity contribution in [1.82, 2.24) is 4.90 Å². The van der Waals surface area contributed by atoms with Crippen LogP contribution in [0, 0.1) is 5.92 Å². The highest BCUT2D eigenvalue weighted by atomic mass is 16.4. The van der Waals surface area contributed by atoms with Crippen LogP contribution in [0.25, 0.3) is 0 Å². The first kappa shape index (κ1) is 12.2. The van der Waals surface area contributed by atoms with Crippen molar-refractivity contribution in [3.8, 4) is 0 Å². The molecule has 0 aliphatic carbocycles. The Balaban J connectivity index is 3.89. The highest BCUT2D eigenvalue weighted by Gasteiger charge is 2.13. The van der Waals surface area contributed by atoms with Crippen LogP contribution in [-0.4, -0.2) is 35.6 Å². The van der Waals surface area contributed by atoms with E-state index in [0.717, 1.165) is 13.0 Å². The van der Waals surface area contributed by atoms with Gasteiger partial charge in [0.05, 0.1) is 6.04 Å². The number of hydrogen-bond donors (Lipinski definition) is 2. The van der Waals surface area contributed by atoms with Crippen LogP contribution in [0.3, 0.4) is 0 Å². The van der Waals surface area contributed by atoms with Crippen molar-refractivity contribution in [3.63, 3.8) is 0 Å². The van der Waals surface area contributed by atoms with Crippen molar-refractivity contribution in [2.45, 2.75) is 33.2 Å². The molecule has 0 aromatic rings. The Morgan fingerprint density at radius 3 is 2.38 bits per heavy atom. The monoisotopic (exact) mass is 187 g/mol. The van der Waals surface area contributed by atoms with Crippen LogP contribution in [0.1, 0.15) is 27.2 Å². The van der Waals surface area contributed by atoms with Gasteiger partial charge in [-0.05, 0) is 32.9 Å². The van der Waals surface area contributed by atoms with E-state index in [9.17, 15) is 0 Å². The Kier molecular flexibility index (Phi) is 5.46. The summed E-state index contributed by atoms with van der Waals surface area (Å²) >= 11 is 0. The van der Waals surface area contributed by atoms with Crippen molar-refractivity contribution < 1.29 is 5.21 Å². The van der Waals surface area contributed by atoms with Crippen LogP contribution >= 0.6 is 0 Å². The van der Waals surface area contributed by atoms with Gasteiger partial charge in [-0.1, -0.05) is 19.0 Å². The normalized spacial score (nSPS) is 15.4. The van der Waals surface area contributed by atoms with Gasteiger partial charge < -0.3 is 10.9 Å². The minimum absolute atomic E-state index is 0.00347. The fourth-order valence-electron chi connectivity index (χ4n) is 0.965. The number of oxime groups is 1. The average molecular weight is 187 g/mol. The molecule has 4 nitrogen and oxygen atoms in total. The third-order valence-corrected chi connectivity index (χ3v) is 2.26. The first-order chi connectivity index (χ1) is 5.99. The molecule has 0 rings (SSSR count). The van der Waals surface area contributed by atoms with Gasteiger partial charge in [-0.25, -0.2) is 0 Å². The maximum absolute atomic E-state index is 8.47. The van der Waals surface area contributed by atoms with E-state index in [4.69, 9.17) is 10.9 Å². The molecule has 1 unspecified atom stereocenters. The van der Waals surface area contributed by atoms with E-state index in [1.54, 1.807) is 0 Å². The summed E-state index contributed by atoms with van der Waals surface area (Å²) in [5.41, 5.74) is 5.48. The van der Waals surface area contributed by atoms with Gasteiger partial charge in [-0.3, -0.25) is 4.90 Å². The maximum atomic E-state index is 8.47. The molecule has 78 valence electrons. The zero-order valence-electron chi connectivity index (χ0n) is 8.99. The summed E-state index contributed by atoms with van der Waals surface area (Å²) in [7, 11) is 1.98. The van der Waals surface area contributed by atoms with Gasteiger partial charge in [0.25, 0.3) is 0 Å². The van der Waals surface area contributed by atoms with Crippen molar-refractivity contribution in [1.29, 1.82) is 0 Å². The minimum atomic E-state index is 0.00347. The Bertz CT molecular complexity index is 168. The number of amidine groups is 1. The Morgan fingerprint density at radius 2 is 2.00 bits per heavy atom. The number of nitrogens with zero attached hydrogens (tertiary/aromatic N) is 2. The molecule has 0 saturated carbocycles. The summed E-state index contributed by atoms with van der Waals surface area (Å²) < 4.78 is 0. The quantitative estimate of drug-likeness (QED) is 0.293. The van der Waals surface area contributed by atoms with Gasteiger partial charge in [0, 0.05) is 0 Å². The van der Waals surface area contributed by atoms with E-state index in [0.29, 0.717) is 5.92 Å². The number of rotatable bonds is 5. The molecule has 0 radical (unpaired) electrons. The lowest BCUT2D eigenvalue weighted by molar-refractivity contribution is 0.272. The lowest BCUT2D eigenvalue weighted by Gasteiger charge is -2.23. The van der Waals surface area contributed by atoms with E-state index in [2.05, 4.69) is 23.9 Å². The second-order valence-corrected chi connectivity index (χ2v) is 3.86. The molecule has 0 aliphatic rings. The molecule has 1 atom stereocenters. The smallest absolute Gasteiger partial charge is 0.156 e. The fraction of sp³-hybridized carbons (Fsp3) is 0.889. The highest BCUT2D eigenvalue weighted by molar-refractivity contribution is 5.84. The SMILES string of the molecule is CC(C)CCN(C)C(C)C(N)=NO. The third kappa shape index (κ3) is 4.72. The molecule has 0 spiro atoms. The lowest BCUT2D eigenvalue weighted by atomic mass is 10.1. The van der Waals surface area contributed by atoms with Gasteiger partial charge >= 0.3 is 0 Å². The summed E-state index contributed by atoms with van der Waals surface area (Å²) in [6.07, 6.45) is 1.12. The maximum Gasteiger partial charge on any atom is 0.156 e. The molecular weight excluding hydrogens is 166 g/mol. The molecule has 0 bridgehead atoms. The molecule has 0 heterocycles. The molecule has 13 heavy (non-hydrogen) atoms. The van der Waals surface area contributed by atoms with Gasteiger partial charge in [0.1, 0.15) is 0 Å². The molecule has 3 N–H and O–H groups in total. The van der Waals surface area contributed by atoms with Gasteiger partial charge in [-0.15, -0.1) is 0 Å². The summed E-state index contributed by atoms with van der Waals surface area (Å²) in [5, 5.41) is 11.5. The predicted octanol–water partition coefficient (Wildman–Crippen LogP) is 1.10. The van der Waals surface area contributed by atoms with Crippen molar-refractivity contribution in [2.75, 3.05) is 13.6 Å². The van der Waals surface area contributed by atoms with Gasteiger partial charge in [-0.2, -0.15) is 0 Å². The Hall–Kier alpha value is -0.770. The predicted molar refractivity (Wildman–Crippen MR) is 55.0 cm³/mol. The van der Waals surface area contributed by atoms with Crippen LogP contribution in [-0.2, 0) is 0 Å². The summed E-state index contributed by atoms with van der Waals surface area (Å²) in [6.45, 7) is 7.26. The van der Waals surface area contributed by atoms with E-state index in [1.807, 2.05) is 14.0 Å². The molecule has 0 aromatic heterocycles. The number of hydrogen-bond acceptors (Lipinski definition) is 3. The molecule has 0 aliphatic heterocycles. The van der Waals surface area contributed by atoms with E-state index in [1.165, 1.54) is 0 Å². The van der Waals surface area contributed by atoms with Crippen molar-refractivity contribution in [2.24, 2.45) is 16.8 Å². The third-order valence-electron chi connectivity index (χ3n) is 2.26. The molecule has 0 saturated heterocycles. The highest BCUT2D eigenvalue weighted by Crippen LogP contribution is 2.03. The van der Waals surface area contributed by atoms with Crippen LogP contribution in [0.15, 0.2) is 5.16 Å². The molecular formula is C9H21N3O. The fourth-order valence-corrected chi connectivity index (χ4v) is 0.965. The van der Waals surface area contributed by atoms with Crippen LogP contribution < -0.4 is 5.73 Å². The first-order valence-corrected chi connectivity index (χ1v) is 4.66. The second-order valence-electron chi connectivity index (χ2n) is 3.86. The standard InChI is InChI=1S/C9H21N3O/c1-7(2)5-6-12(4)8(3)9(10)11-13/h7-8,13H,5-6H2,1-4H3,(H2,10,11). The Labute approximate surface area is 80.4 Å². The number of likely N-dealkylation sites (N-methyl/N-ethyl adjacent to an activating group) is 1. The lowest BCUT2D eigenvalue weighted by Crippen LogP contribution is -2.41. The average Bonchev–Trinajstić information content (AvgIpc) is 2.11. The van der Waals surface area contributed by atoms with Gasteiger partial charge in [0.15, 0.2) is 5.84 Å². The van der Waals surface area contributed by atoms with Gasteiger partial charge in [0.2, 0.25) is 0 Å². The largest absolute Gasteiger partial charge is 0.409 e.